The Morgan fingerprint density at radius 1 is 0.727 bits per heavy atom. The van der Waals surface area contributed by atoms with Crippen molar-refractivity contribution in [2.75, 3.05) is 0 Å². The largest absolute Gasteiger partial charge is 0.462 e. The van der Waals surface area contributed by atoms with Gasteiger partial charge in [0.1, 0.15) is 24.4 Å². The summed E-state index contributed by atoms with van der Waals surface area (Å²) in [5.41, 5.74) is 0.0841. The highest BCUT2D eigenvalue weighted by molar-refractivity contribution is 5.90. The second-order valence-corrected chi connectivity index (χ2v) is 15.5. The summed E-state index contributed by atoms with van der Waals surface area (Å²) in [5.74, 6) is -1.46. The van der Waals surface area contributed by atoms with Gasteiger partial charge < -0.3 is 24.1 Å². The van der Waals surface area contributed by atoms with Crippen LogP contribution in [0.15, 0.2) is 85.0 Å². The van der Waals surface area contributed by atoms with Crippen LogP contribution < -0.4 is 0 Å². The van der Waals surface area contributed by atoms with Gasteiger partial charge in [0.05, 0.1) is 29.6 Å². The highest BCUT2D eigenvalue weighted by atomic mass is 16.6. The van der Waals surface area contributed by atoms with Crippen LogP contribution >= 0.6 is 0 Å². The molecule has 9 atom stereocenters. The summed E-state index contributed by atoms with van der Waals surface area (Å²) in [7, 11) is 0. The van der Waals surface area contributed by atoms with Crippen LogP contribution in [0.1, 0.15) is 119 Å². The lowest BCUT2D eigenvalue weighted by Crippen LogP contribution is -2.26. The van der Waals surface area contributed by atoms with Crippen molar-refractivity contribution in [2.45, 2.75) is 128 Å². The molecule has 10 nitrogen and oxygen atoms in total. The van der Waals surface area contributed by atoms with Crippen molar-refractivity contribution >= 4 is 29.7 Å². The van der Waals surface area contributed by atoms with Gasteiger partial charge in [-0.15, -0.1) is 0 Å². The van der Waals surface area contributed by atoms with Crippen molar-refractivity contribution in [1.82, 2.24) is 0 Å². The van der Waals surface area contributed by atoms with Crippen molar-refractivity contribution in [3.63, 3.8) is 0 Å². The number of unbranched alkanes of at least 4 members (excludes halogenated alkanes) is 4. The smallest absolute Gasteiger partial charge is 0.338 e. The third-order valence-corrected chi connectivity index (χ3v) is 11.1. The topological polar surface area (TPSA) is 143 Å². The number of allylic oxidation sites excluding steroid dienone is 1. The van der Waals surface area contributed by atoms with Gasteiger partial charge in [0.25, 0.3) is 0 Å². The average molecular weight is 757 g/mol. The summed E-state index contributed by atoms with van der Waals surface area (Å²) in [6.45, 7) is 6.03. The minimum atomic E-state index is -0.912. The van der Waals surface area contributed by atoms with Gasteiger partial charge in [-0.25, -0.2) is 9.59 Å². The van der Waals surface area contributed by atoms with Crippen LogP contribution in [-0.4, -0.2) is 64.8 Å². The molecule has 1 N–H and O–H groups in total. The summed E-state index contributed by atoms with van der Waals surface area (Å²) < 4.78 is 22.3. The quantitative estimate of drug-likeness (QED) is 0.0590. The molecule has 4 fully saturated rings. The number of hydrogen-bond donors (Lipinski definition) is 1. The third kappa shape index (κ3) is 11.7. The van der Waals surface area contributed by atoms with E-state index >= 15 is 0 Å². The van der Waals surface area contributed by atoms with Crippen LogP contribution in [0.2, 0.25) is 0 Å². The number of benzene rings is 2. The Hall–Kier alpha value is -4.57. The van der Waals surface area contributed by atoms with Gasteiger partial charge in [-0.2, -0.15) is 0 Å². The minimum Gasteiger partial charge on any atom is -0.462 e. The van der Waals surface area contributed by atoms with Crippen molar-refractivity contribution in [1.29, 1.82) is 0 Å². The summed E-state index contributed by atoms with van der Waals surface area (Å²) in [6, 6.07) is 17.7. The van der Waals surface area contributed by atoms with E-state index in [1.54, 1.807) is 61.5 Å². The molecule has 4 aliphatic rings. The number of fused-ring (bicyclic) bond motifs is 2. The molecule has 0 spiro atoms. The lowest BCUT2D eigenvalue weighted by atomic mass is 9.89. The maximum Gasteiger partial charge on any atom is 0.338 e. The van der Waals surface area contributed by atoms with E-state index < -0.39 is 5.60 Å². The van der Waals surface area contributed by atoms with Gasteiger partial charge in [-0.1, -0.05) is 101 Å². The first kappa shape index (κ1) is 41.6. The van der Waals surface area contributed by atoms with E-state index in [1.807, 2.05) is 30.4 Å². The predicted octanol–water partition coefficient (Wildman–Crippen LogP) is 7.92. The maximum absolute atomic E-state index is 12.5. The van der Waals surface area contributed by atoms with E-state index in [9.17, 15) is 29.1 Å². The molecule has 2 aromatic rings. The molecule has 3 unspecified atom stereocenters. The number of esters is 4. The SMILES string of the molecule is CCCCCC(=O)/C=C/[C@@H]1C2CC(=O)O[C@H]2C[C@H]1OC(=O)c1ccccc1.CCCCCC(C)(O)/C=C/[C@@H]1C2CC(=O)O[C@H]2C[C@H]1OC(=O)c1ccccc1. The van der Waals surface area contributed by atoms with E-state index in [-0.39, 0.29) is 77.7 Å². The molecule has 0 radical (unpaired) electrons. The van der Waals surface area contributed by atoms with E-state index in [0.29, 0.717) is 49.7 Å². The fraction of sp³-hybridized carbons (Fsp3) is 0.533. The Morgan fingerprint density at radius 3 is 1.69 bits per heavy atom. The van der Waals surface area contributed by atoms with Gasteiger partial charge in [0.15, 0.2) is 5.78 Å². The van der Waals surface area contributed by atoms with E-state index in [1.165, 1.54) is 0 Å². The molecule has 296 valence electrons. The van der Waals surface area contributed by atoms with Crippen molar-refractivity contribution in [3.8, 4) is 0 Å². The highest BCUT2D eigenvalue weighted by Crippen LogP contribution is 2.45. The van der Waals surface area contributed by atoms with Gasteiger partial charge in [0.2, 0.25) is 0 Å². The molecule has 0 amide bonds. The standard InChI is InChI=1S/C23H30O5.C22H26O5/c1-3-4-8-12-23(2,26)13-11-17-18-14-21(24)27-20(18)15-19(17)28-22(25)16-9-6-5-7-10-16;1-2-3-5-10-16(23)11-12-17-18-13-21(24)26-20(18)14-19(17)27-22(25)15-8-6-4-7-9-15/h5-7,9-11,13,17-20,26H,3-4,8,12,14-15H2,1-2H3;4,6-9,11-12,17-20H,2-3,5,10,13-14H2,1H3/b13-11+;12-11+/t17-,18?,19-,20+,23?;17-,18?,19-,20+/m11/s1. The van der Waals surface area contributed by atoms with Crippen LogP contribution in [0.25, 0.3) is 0 Å². The number of carbonyl (C=O) groups excluding carboxylic acids is 5. The zero-order valence-corrected chi connectivity index (χ0v) is 32.3. The number of rotatable bonds is 16. The van der Waals surface area contributed by atoms with Crippen LogP contribution in [0.5, 0.6) is 0 Å². The Labute approximate surface area is 324 Å². The monoisotopic (exact) mass is 756 g/mol. The fourth-order valence-electron chi connectivity index (χ4n) is 8.13. The highest BCUT2D eigenvalue weighted by Gasteiger charge is 2.52. The molecular weight excluding hydrogens is 700 g/mol. The zero-order chi connectivity index (χ0) is 39.4. The number of hydrogen-bond acceptors (Lipinski definition) is 10. The third-order valence-electron chi connectivity index (χ3n) is 11.1. The van der Waals surface area contributed by atoms with E-state index in [4.69, 9.17) is 18.9 Å². The van der Waals surface area contributed by atoms with Crippen LogP contribution in [0, 0.1) is 23.7 Å². The Bertz CT molecular complexity index is 1660. The molecule has 2 aliphatic carbocycles. The predicted molar refractivity (Wildman–Crippen MR) is 206 cm³/mol. The molecule has 2 saturated heterocycles. The molecule has 2 heterocycles. The molecular formula is C45H56O10. The summed E-state index contributed by atoms with van der Waals surface area (Å²) in [6.07, 6.45) is 14.9. The van der Waals surface area contributed by atoms with Gasteiger partial charge in [-0.05, 0) is 50.1 Å². The Kier molecular flexibility index (Phi) is 15.0. The fourth-order valence-corrected chi connectivity index (χ4v) is 8.13. The first-order valence-electron chi connectivity index (χ1n) is 20.0. The van der Waals surface area contributed by atoms with Crippen LogP contribution in [-0.2, 0) is 33.3 Å². The zero-order valence-electron chi connectivity index (χ0n) is 32.3. The van der Waals surface area contributed by atoms with Crippen molar-refractivity contribution in [2.24, 2.45) is 23.7 Å². The number of ketones is 1. The Morgan fingerprint density at radius 2 is 1.20 bits per heavy atom. The molecule has 2 saturated carbocycles. The molecule has 10 heteroatoms. The molecule has 2 aliphatic heterocycles. The molecule has 0 aromatic heterocycles. The second-order valence-electron chi connectivity index (χ2n) is 15.5. The number of ether oxygens (including phenoxy) is 4. The molecule has 55 heavy (non-hydrogen) atoms. The first-order chi connectivity index (χ1) is 26.5. The lowest BCUT2D eigenvalue weighted by Gasteiger charge is -2.23. The molecule has 2 aromatic carbocycles. The van der Waals surface area contributed by atoms with Gasteiger partial charge >= 0.3 is 23.9 Å². The van der Waals surface area contributed by atoms with E-state index in [2.05, 4.69) is 13.8 Å². The summed E-state index contributed by atoms with van der Waals surface area (Å²) in [4.78, 5) is 60.4. The Balaban J connectivity index is 0.000000211. The number of carbonyl (C=O) groups is 5. The number of aliphatic hydroxyl groups is 1. The van der Waals surface area contributed by atoms with Crippen molar-refractivity contribution in [3.05, 3.63) is 96.1 Å². The van der Waals surface area contributed by atoms with Crippen molar-refractivity contribution < 1.29 is 48.0 Å². The second kappa shape index (κ2) is 19.8. The molecule has 0 bridgehead atoms. The summed E-state index contributed by atoms with van der Waals surface area (Å²) in [5, 5.41) is 10.6. The normalized spacial score (nSPS) is 27.8. The minimum absolute atomic E-state index is 0.0104. The lowest BCUT2D eigenvalue weighted by molar-refractivity contribution is -0.143. The van der Waals surface area contributed by atoms with Crippen LogP contribution in [0.3, 0.4) is 0 Å². The first-order valence-corrected chi connectivity index (χ1v) is 20.0. The summed E-state index contributed by atoms with van der Waals surface area (Å²) >= 11 is 0. The maximum atomic E-state index is 12.5. The van der Waals surface area contributed by atoms with Gasteiger partial charge in [0, 0.05) is 42.9 Å². The average Bonchev–Trinajstić information content (AvgIpc) is 3.89. The van der Waals surface area contributed by atoms with E-state index in [0.717, 1.165) is 38.5 Å². The van der Waals surface area contributed by atoms with Gasteiger partial charge in [-0.3, -0.25) is 14.4 Å². The van der Waals surface area contributed by atoms with Crippen LogP contribution in [0.4, 0.5) is 0 Å². The molecule has 6 rings (SSSR count).